The van der Waals surface area contributed by atoms with Gasteiger partial charge in [0.1, 0.15) is 6.10 Å². The van der Waals surface area contributed by atoms with Crippen LogP contribution in [0.3, 0.4) is 0 Å². The van der Waals surface area contributed by atoms with E-state index in [4.69, 9.17) is 19.3 Å². The van der Waals surface area contributed by atoms with Crippen molar-refractivity contribution in [1.82, 2.24) is 0 Å². The summed E-state index contributed by atoms with van der Waals surface area (Å²) >= 11 is 0. The van der Waals surface area contributed by atoms with Gasteiger partial charge >= 0.3 is 5.97 Å². The van der Waals surface area contributed by atoms with E-state index in [1.54, 1.807) is 13.8 Å². The second-order valence-electron chi connectivity index (χ2n) is 3.37. The number of ether oxygens (including phenoxy) is 3. The van der Waals surface area contributed by atoms with Gasteiger partial charge in [0.25, 0.3) is 0 Å². The lowest BCUT2D eigenvalue weighted by Crippen LogP contribution is -2.49. The van der Waals surface area contributed by atoms with E-state index in [9.17, 15) is 5.11 Å². The number of rotatable bonds is 10. The first-order valence-electron chi connectivity index (χ1n) is 5.87. The van der Waals surface area contributed by atoms with Crippen molar-refractivity contribution in [2.45, 2.75) is 45.7 Å². The average Bonchev–Trinajstić information content (AvgIpc) is 2.24. The van der Waals surface area contributed by atoms with Crippen molar-refractivity contribution in [1.29, 1.82) is 0 Å². The molecule has 5 nitrogen and oxygen atoms in total. The standard InChI is InChI=1S/C11H24O5/c1-4-7-10(14-9-8-12)11(13,15-5-2)16-6-3/h10,12-13H,4-9H2,1-3H3. The van der Waals surface area contributed by atoms with Gasteiger partial charge in [-0.25, -0.2) is 0 Å². The fourth-order valence-corrected chi connectivity index (χ4v) is 1.47. The van der Waals surface area contributed by atoms with Crippen molar-refractivity contribution < 1.29 is 24.4 Å². The monoisotopic (exact) mass is 236 g/mol. The van der Waals surface area contributed by atoms with Gasteiger partial charge < -0.3 is 24.4 Å². The van der Waals surface area contributed by atoms with E-state index in [1.807, 2.05) is 6.92 Å². The topological polar surface area (TPSA) is 68.2 Å². The van der Waals surface area contributed by atoms with Crippen molar-refractivity contribution in [2.75, 3.05) is 26.4 Å². The Kier molecular flexibility index (Phi) is 8.78. The zero-order chi connectivity index (χ0) is 12.4. The molecule has 1 atom stereocenters. The highest BCUT2D eigenvalue weighted by Crippen LogP contribution is 2.22. The molecule has 0 aliphatic rings. The maximum Gasteiger partial charge on any atom is 0.308 e. The molecule has 98 valence electrons. The van der Waals surface area contributed by atoms with Crippen LogP contribution in [0.5, 0.6) is 0 Å². The maximum absolute atomic E-state index is 10.2. The van der Waals surface area contributed by atoms with E-state index in [0.717, 1.165) is 6.42 Å². The van der Waals surface area contributed by atoms with E-state index in [0.29, 0.717) is 19.6 Å². The molecule has 0 bridgehead atoms. The Morgan fingerprint density at radius 1 is 1.12 bits per heavy atom. The van der Waals surface area contributed by atoms with Gasteiger partial charge in [-0.2, -0.15) is 0 Å². The van der Waals surface area contributed by atoms with Gasteiger partial charge in [0.05, 0.1) is 13.2 Å². The van der Waals surface area contributed by atoms with Crippen LogP contribution in [-0.2, 0) is 14.2 Å². The Bertz CT molecular complexity index is 156. The van der Waals surface area contributed by atoms with Gasteiger partial charge in [-0.3, -0.25) is 0 Å². The first kappa shape index (κ1) is 15.8. The van der Waals surface area contributed by atoms with Crippen molar-refractivity contribution in [3.63, 3.8) is 0 Å². The van der Waals surface area contributed by atoms with Gasteiger partial charge in [-0.05, 0) is 20.3 Å². The second-order valence-corrected chi connectivity index (χ2v) is 3.37. The molecule has 0 saturated carbocycles. The third-order valence-electron chi connectivity index (χ3n) is 2.07. The van der Waals surface area contributed by atoms with E-state index < -0.39 is 12.1 Å². The van der Waals surface area contributed by atoms with Gasteiger partial charge in [-0.1, -0.05) is 13.3 Å². The summed E-state index contributed by atoms with van der Waals surface area (Å²) in [4.78, 5) is 0. The smallest absolute Gasteiger partial charge is 0.308 e. The maximum atomic E-state index is 10.2. The largest absolute Gasteiger partial charge is 0.394 e. The van der Waals surface area contributed by atoms with E-state index in [1.165, 1.54) is 0 Å². The minimum absolute atomic E-state index is 0.0887. The van der Waals surface area contributed by atoms with Crippen molar-refractivity contribution in [2.24, 2.45) is 0 Å². The summed E-state index contributed by atoms with van der Waals surface area (Å²) in [5.41, 5.74) is 0. The number of aliphatic hydroxyl groups is 2. The second kappa shape index (κ2) is 8.90. The molecule has 0 aromatic rings. The van der Waals surface area contributed by atoms with Crippen LogP contribution in [0.2, 0.25) is 0 Å². The normalized spacial score (nSPS) is 14.1. The van der Waals surface area contributed by atoms with Crippen LogP contribution < -0.4 is 0 Å². The lowest BCUT2D eigenvalue weighted by molar-refractivity contribution is -0.399. The quantitative estimate of drug-likeness (QED) is 0.551. The third kappa shape index (κ3) is 5.23. The highest BCUT2D eigenvalue weighted by Gasteiger charge is 2.39. The first-order valence-corrected chi connectivity index (χ1v) is 5.87. The summed E-state index contributed by atoms with van der Waals surface area (Å²) in [6, 6.07) is 0. The van der Waals surface area contributed by atoms with E-state index >= 15 is 0 Å². The summed E-state index contributed by atoms with van der Waals surface area (Å²) in [6.45, 7) is 6.27. The summed E-state index contributed by atoms with van der Waals surface area (Å²) in [5.74, 6) is -1.71. The minimum atomic E-state index is -1.71. The molecular weight excluding hydrogens is 212 g/mol. The SMILES string of the molecule is CCCC(OCCO)C(O)(OCC)OCC. The summed E-state index contributed by atoms with van der Waals surface area (Å²) in [5, 5.41) is 18.9. The van der Waals surface area contributed by atoms with E-state index in [2.05, 4.69) is 0 Å². The van der Waals surface area contributed by atoms with Crippen LogP contribution in [0.15, 0.2) is 0 Å². The Balaban J connectivity index is 4.49. The molecule has 0 rings (SSSR count). The molecule has 0 fully saturated rings. The average molecular weight is 236 g/mol. The fourth-order valence-electron chi connectivity index (χ4n) is 1.47. The summed E-state index contributed by atoms with van der Waals surface area (Å²) in [7, 11) is 0. The summed E-state index contributed by atoms with van der Waals surface area (Å²) < 4.78 is 15.8. The molecule has 0 heterocycles. The number of aliphatic hydroxyl groups excluding tert-OH is 1. The van der Waals surface area contributed by atoms with Crippen LogP contribution in [0, 0.1) is 0 Å². The Morgan fingerprint density at radius 3 is 2.06 bits per heavy atom. The van der Waals surface area contributed by atoms with Crippen LogP contribution in [0.1, 0.15) is 33.6 Å². The molecular formula is C11H24O5. The lowest BCUT2D eigenvalue weighted by Gasteiger charge is -2.34. The molecule has 16 heavy (non-hydrogen) atoms. The molecule has 0 aliphatic heterocycles. The zero-order valence-corrected chi connectivity index (χ0v) is 10.4. The predicted octanol–water partition coefficient (Wildman–Crippen LogP) is 0.883. The Morgan fingerprint density at radius 2 is 1.69 bits per heavy atom. The molecule has 0 amide bonds. The molecule has 1 unspecified atom stereocenters. The van der Waals surface area contributed by atoms with Crippen molar-refractivity contribution >= 4 is 0 Å². The highest BCUT2D eigenvalue weighted by molar-refractivity contribution is 4.69. The molecule has 2 N–H and O–H groups in total. The van der Waals surface area contributed by atoms with Crippen LogP contribution in [-0.4, -0.2) is 48.7 Å². The highest BCUT2D eigenvalue weighted by atomic mass is 16.8. The minimum Gasteiger partial charge on any atom is -0.394 e. The van der Waals surface area contributed by atoms with Gasteiger partial charge in [0.2, 0.25) is 0 Å². The number of hydrogen-bond donors (Lipinski definition) is 2. The lowest BCUT2D eigenvalue weighted by atomic mass is 10.1. The molecule has 0 saturated heterocycles. The van der Waals surface area contributed by atoms with Gasteiger partial charge in [0, 0.05) is 13.2 Å². The molecule has 0 aromatic heterocycles. The van der Waals surface area contributed by atoms with E-state index in [-0.39, 0.29) is 13.2 Å². The van der Waals surface area contributed by atoms with Crippen LogP contribution in [0.25, 0.3) is 0 Å². The molecule has 0 radical (unpaired) electrons. The first-order chi connectivity index (χ1) is 7.64. The molecule has 0 spiro atoms. The fraction of sp³-hybridized carbons (Fsp3) is 1.00. The number of hydrogen-bond acceptors (Lipinski definition) is 5. The van der Waals surface area contributed by atoms with Crippen molar-refractivity contribution in [3.8, 4) is 0 Å². The zero-order valence-electron chi connectivity index (χ0n) is 10.4. The third-order valence-corrected chi connectivity index (χ3v) is 2.07. The molecule has 0 aromatic carbocycles. The Hall–Kier alpha value is -0.200. The van der Waals surface area contributed by atoms with Gasteiger partial charge in [0.15, 0.2) is 0 Å². The van der Waals surface area contributed by atoms with Gasteiger partial charge in [-0.15, -0.1) is 0 Å². The van der Waals surface area contributed by atoms with Crippen LogP contribution in [0.4, 0.5) is 0 Å². The van der Waals surface area contributed by atoms with Crippen molar-refractivity contribution in [3.05, 3.63) is 0 Å². The molecule has 5 heteroatoms. The molecule has 0 aliphatic carbocycles. The predicted molar refractivity (Wildman–Crippen MR) is 59.9 cm³/mol. The van der Waals surface area contributed by atoms with Crippen LogP contribution >= 0.6 is 0 Å². The summed E-state index contributed by atoms with van der Waals surface area (Å²) in [6.07, 6.45) is 0.860. The Labute approximate surface area is 97.3 Å².